The molecule has 12 heavy (non-hydrogen) atoms. The van der Waals surface area contributed by atoms with Gasteiger partial charge < -0.3 is 4.42 Å². The maximum Gasteiger partial charge on any atom is 0.134 e. The van der Waals surface area contributed by atoms with Gasteiger partial charge in [-0.2, -0.15) is 0 Å². The van der Waals surface area contributed by atoms with E-state index >= 15 is 0 Å². The third-order valence-electron chi connectivity index (χ3n) is 2.07. The van der Waals surface area contributed by atoms with Crippen LogP contribution in [0.5, 0.6) is 0 Å². The minimum Gasteiger partial charge on any atom is -0.464 e. The summed E-state index contributed by atoms with van der Waals surface area (Å²) in [5, 5.41) is 1.13. The Hall–Kier alpha value is -1.24. The zero-order valence-corrected chi connectivity index (χ0v) is 7.29. The quantitative estimate of drug-likeness (QED) is 0.625. The highest BCUT2D eigenvalue weighted by molar-refractivity contribution is 5.81. The molecular formula is C11H12O. The lowest BCUT2D eigenvalue weighted by atomic mass is 10.0. The van der Waals surface area contributed by atoms with E-state index in [1.807, 2.05) is 6.07 Å². The molecule has 0 bridgehead atoms. The third kappa shape index (κ3) is 1.02. The van der Waals surface area contributed by atoms with E-state index in [1.165, 1.54) is 5.56 Å². The Morgan fingerprint density at radius 2 is 2.25 bits per heavy atom. The summed E-state index contributed by atoms with van der Waals surface area (Å²) in [4.78, 5) is 0. The van der Waals surface area contributed by atoms with E-state index in [0.29, 0.717) is 12.0 Å². The lowest BCUT2D eigenvalue weighted by Crippen LogP contribution is -1.82. The molecule has 1 nitrogen and oxygen atoms in total. The molecular weight excluding hydrogens is 148 g/mol. The lowest BCUT2D eigenvalue weighted by Gasteiger charge is -1.99. The van der Waals surface area contributed by atoms with Crippen LogP contribution in [0.25, 0.3) is 11.0 Å². The van der Waals surface area contributed by atoms with Crippen molar-refractivity contribution in [2.24, 2.45) is 0 Å². The average Bonchev–Trinajstić information content (AvgIpc) is 2.46. The average molecular weight is 162 g/mol. The van der Waals surface area contributed by atoms with Gasteiger partial charge in [0, 0.05) is 10.9 Å². The summed E-state index contributed by atoms with van der Waals surface area (Å²) in [7, 11) is 0. The molecule has 0 fully saturated rings. The molecule has 0 amide bonds. The second-order valence-electron chi connectivity index (χ2n) is 3.27. The molecule has 62 valence electrons. The van der Waals surface area contributed by atoms with Crippen molar-refractivity contribution in [3.8, 4) is 0 Å². The molecule has 0 aliphatic rings. The van der Waals surface area contributed by atoms with Crippen LogP contribution in [-0.2, 0) is 0 Å². The Labute approximate surface area is 73.4 Å². The molecule has 1 aromatic heterocycles. The van der Waals surface area contributed by atoms with E-state index in [4.69, 9.17) is 5.79 Å². The Morgan fingerprint density at radius 1 is 1.42 bits per heavy atom. The van der Waals surface area contributed by atoms with Crippen LogP contribution in [0, 0.1) is 0 Å². The van der Waals surface area contributed by atoms with Crippen LogP contribution in [0.4, 0.5) is 0 Å². The van der Waals surface area contributed by atoms with Crippen molar-refractivity contribution in [1.29, 1.82) is 0 Å². The van der Waals surface area contributed by atoms with Gasteiger partial charge in [-0.1, -0.05) is 32.0 Å². The first-order valence-corrected chi connectivity index (χ1v) is 4.16. The molecule has 1 heteroatoms. The highest BCUT2D eigenvalue weighted by Crippen LogP contribution is 2.26. The fraction of sp³-hybridized carbons (Fsp3) is 0.273. The second-order valence-corrected chi connectivity index (χ2v) is 3.27. The zero-order chi connectivity index (χ0) is 9.42. The molecule has 2 rings (SSSR count). The number of hydrogen-bond acceptors (Lipinski definition) is 1. The summed E-state index contributed by atoms with van der Waals surface area (Å²) in [6.07, 6.45) is 1.79. The normalized spacial score (nSPS) is 12.4. The van der Waals surface area contributed by atoms with E-state index in [0.717, 1.165) is 11.0 Å². The maximum absolute atomic E-state index is 7.43. The Balaban J connectivity index is 2.69. The van der Waals surface area contributed by atoms with Crippen molar-refractivity contribution in [3.05, 3.63) is 36.1 Å². The highest BCUT2D eigenvalue weighted by atomic mass is 16.3. The first kappa shape index (κ1) is 6.30. The molecule has 0 aliphatic carbocycles. The summed E-state index contributed by atoms with van der Waals surface area (Å²) < 4.78 is 12.8. The minimum absolute atomic E-state index is 0.470. The SMILES string of the molecule is [3H]c1ccc2c(C(C)C)coc2c1. The molecule has 1 aromatic carbocycles. The Bertz CT molecular complexity index is 429. The summed E-state index contributed by atoms with van der Waals surface area (Å²) >= 11 is 0. The molecule has 0 saturated heterocycles. The first-order chi connectivity index (χ1) is 6.18. The summed E-state index contributed by atoms with van der Waals surface area (Å²) in [5.74, 6) is 0.470. The van der Waals surface area contributed by atoms with Gasteiger partial charge >= 0.3 is 0 Å². The minimum atomic E-state index is 0.470. The van der Waals surface area contributed by atoms with Crippen LogP contribution >= 0.6 is 0 Å². The van der Waals surface area contributed by atoms with Gasteiger partial charge in [0.2, 0.25) is 0 Å². The van der Waals surface area contributed by atoms with Crippen LogP contribution in [0.2, 0.25) is 0 Å². The van der Waals surface area contributed by atoms with Crippen molar-refractivity contribution < 1.29 is 5.79 Å². The lowest BCUT2D eigenvalue weighted by molar-refractivity contribution is 0.606. The maximum atomic E-state index is 7.43. The topological polar surface area (TPSA) is 13.1 Å². The molecule has 0 atom stereocenters. The van der Waals surface area contributed by atoms with Gasteiger partial charge in [-0.25, -0.2) is 0 Å². The number of rotatable bonds is 1. The summed E-state index contributed by atoms with van der Waals surface area (Å²) in [6, 6.07) is 6.00. The number of benzene rings is 1. The van der Waals surface area contributed by atoms with Crippen molar-refractivity contribution in [3.63, 3.8) is 0 Å². The Kier molecular flexibility index (Phi) is 1.40. The summed E-state index contributed by atoms with van der Waals surface area (Å²) in [6.45, 7) is 4.28. The van der Waals surface area contributed by atoms with Gasteiger partial charge in [0.15, 0.2) is 0 Å². The monoisotopic (exact) mass is 162 g/mol. The van der Waals surface area contributed by atoms with Gasteiger partial charge in [0.05, 0.1) is 7.63 Å². The van der Waals surface area contributed by atoms with E-state index in [1.54, 1.807) is 18.4 Å². The second kappa shape index (κ2) is 2.67. The third-order valence-corrected chi connectivity index (χ3v) is 2.07. The molecule has 0 unspecified atom stereocenters. The molecule has 1 heterocycles. The van der Waals surface area contributed by atoms with Crippen molar-refractivity contribution in [2.75, 3.05) is 0 Å². The number of furan rings is 1. The van der Waals surface area contributed by atoms with Gasteiger partial charge in [-0.3, -0.25) is 0 Å². The van der Waals surface area contributed by atoms with Crippen LogP contribution in [0.3, 0.4) is 0 Å². The zero-order valence-electron chi connectivity index (χ0n) is 8.29. The molecule has 0 saturated carbocycles. The Morgan fingerprint density at radius 3 is 3.00 bits per heavy atom. The molecule has 0 N–H and O–H groups in total. The molecule has 0 spiro atoms. The highest BCUT2D eigenvalue weighted by Gasteiger charge is 2.07. The standard InChI is InChI=1S/C11H12O/c1-8(2)10-7-12-11-6-4-3-5-9(10)11/h3-8H,1-2H3/i4T. The largest absolute Gasteiger partial charge is 0.464 e. The molecule has 0 radical (unpaired) electrons. The number of hydrogen-bond donors (Lipinski definition) is 0. The van der Waals surface area contributed by atoms with Crippen LogP contribution < -0.4 is 0 Å². The van der Waals surface area contributed by atoms with Gasteiger partial charge in [-0.15, -0.1) is 0 Å². The van der Waals surface area contributed by atoms with Gasteiger partial charge in [0.25, 0.3) is 0 Å². The van der Waals surface area contributed by atoms with Crippen LogP contribution in [0.1, 0.15) is 26.7 Å². The number of para-hydroxylation sites is 1. The van der Waals surface area contributed by atoms with E-state index in [2.05, 4.69) is 13.8 Å². The molecule has 0 aliphatic heterocycles. The summed E-state index contributed by atoms with van der Waals surface area (Å²) in [5.41, 5.74) is 2.03. The smallest absolute Gasteiger partial charge is 0.134 e. The number of fused-ring (bicyclic) bond motifs is 1. The van der Waals surface area contributed by atoms with Crippen LogP contribution in [-0.4, -0.2) is 0 Å². The van der Waals surface area contributed by atoms with Crippen molar-refractivity contribution >= 4 is 11.0 Å². The fourth-order valence-electron chi connectivity index (χ4n) is 1.39. The van der Waals surface area contributed by atoms with Gasteiger partial charge in [0.1, 0.15) is 5.58 Å². The fourth-order valence-corrected chi connectivity index (χ4v) is 1.39. The van der Waals surface area contributed by atoms with Crippen molar-refractivity contribution in [2.45, 2.75) is 19.8 Å². The predicted molar refractivity (Wildman–Crippen MR) is 50.3 cm³/mol. The molecule has 2 aromatic rings. The van der Waals surface area contributed by atoms with Gasteiger partial charge in [-0.05, 0) is 12.0 Å². The predicted octanol–water partition coefficient (Wildman–Crippen LogP) is 3.56. The van der Waals surface area contributed by atoms with E-state index in [-0.39, 0.29) is 0 Å². The first-order valence-electron chi connectivity index (χ1n) is 4.66. The van der Waals surface area contributed by atoms with Crippen LogP contribution in [0.15, 0.2) is 34.9 Å². The van der Waals surface area contributed by atoms with E-state index < -0.39 is 0 Å². The van der Waals surface area contributed by atoms with Crippen molar-refractivity contribution in [1.82, 2.24) is 0 Å². The van der Waals surface area contributed by atoms with E-state index in [9.17, 15) is 0 Å².